The molecule has 0 aliphatic heterocycles. The Morgan fingerprint density at radius 3 is 2.05 bits per heavy atom. The lowest BCUT2D eigenvalue weighted by Gasteiger charge is -2.25. The summed E-state index contributed by atoms with van der Waals surface area (Å²) in [4.78, 5) is 12.5. The van der Waals surface area contributed by atoms with Gasteiger partial charge in [0, 0.05) is 12.7 Å². The molecule has 0 saturated heterocycles. The summed E-state index contributed by atoms with van der Waals surface area (Å²) in [6.45, 7) is 3.79. The van der Waals surface area contributed by atoms with E-state index in [2.05, 4.69) is 12.1 Å². The number of Topliss-reactive ketones (excluding diaryl/α,β-unsaturated/α-hetero) is 1. The Kier molecular flexibility index (Phi) is 4.35. The molecule has 0 spiro atoms. The lowest BCUT2D eigenvalue weighted by Crippen LogP contribution is -2.36. The SMILES string of the molecule is CCC(C)(OC)C(=O)c1ccc(-c2ccccc2)cc1. The number of ether oxygens (including phenoxy) is 1. The highest BCUT2D eigenvalue weighted by Crippen LogP contribution is 2.24. The summed E-state index contributed by atoms with van der Waals surface area (Å²) in [6, 6.07) is 17.8. The second kappa shape index (κ2) is 6.02. The molecule has 0 aliphatic rings. The normalized spacial score (nSPS) is 13.8. The van der Waals surface area contributed by atoms with E-state index in [1.54, 1.807) is 7.11 Å². The van der Waals surface area contributed by atoms with E-state index >= 15 is 0 Å². The summed E-state index contributed by atoms with van der Waals surface area (Å²) in [5.74, 6) is 0.0297. The van der Waals surface area contributed by atoms with Gasteiger partial charge in [-0.1, -0.05) is 61.5 Å². The van der Waals surface area contributed by atoms with Crippen molar-refractivity contribution in [2.75, 3.05) is 7.11 Å². The quantitative estimate of drug-likeness (QED) is 0.753. The number of ketones is 1. The van der Waals surface area contributed by atoms with Gasteiger partial charge in [-0.25, -0.2) is 0 Å². The predicted octanol–water partition coefficient (Wildman–Crippen LogP) is 4.35. The highest BCUT2D eigenvalue weighted by atomic mass is 16.5. The molecule has 0 N–H and O–H groups in total. The van der Waals surface area contributed by atoms with Crippen LogP contribution < -0.4 is 0 Å². The minimum atomic E-state index is -0.742. The second-order valence-electron chi connectivity index (χ2n) is 5.06. The van der Waals surface area contributed by atoms with E-state index in [-0.39, 0.29) is 5.78 Å². The number of methoxy groups -OCH3 is 1. The van der Waals surface area contributed by atoms with Gasteiger partial charge in [0.1, 0.15) is 5.60 Å². The zero-order valence-electron chi connectivity index (χ0n) is 12.2. The molecule has 0 aliphatic carbocycles. The standard InChI is InChI=1S/C18H20O2/c1-4-18(2,20-3)17(19)16-12-10-15(11-13-16)14-8-6-5-7-9-14/h5-13H,4H2,1-3H3. The van der Waals surface area contributed by atoms with Crippen molar-refractivity contribution in [3.8, 4) is 11.1 Å². The van der Waals surface area contributed by atoms with Crippen molar-refractivity contribution in [1.82, 2.24) is 0 Å². The highest BCUT2D eigenvalue weighted by Gasteiger charge is 2.31. The van der Waals surface area contributed by atoms with Crippen LogP contribution in [0, 0.1) is 0 Å². The van der Waals surface area contributed by atoms with Crippen LogP contribution in [0.5, 0.6) is 0 Å². The average Bonchev–Trinajstić information content (AvgIpc) is 2.54. The number of hydrogen-bond donors (Lipinski definition) is 0. The Hall–Kier alpha value is -1.93. The summed E-state index contributed by atoms with van der Waals surface area (Å²) in [5, 5.41) is 0. The molecule has 2 nitrogen and oxygen atoms in total. The second-order valence-corrected chi connectivity index (χ2v) is 5.06. The van der Waals surface area contributed by atoms with Gasteiger partial charge in [-0.15, -0.1) is 0 Å². The van der Waals surface area contributed by atoms with Crippen LogP contribution in [-0.4, -0.2) is 18.5 Å². The zero-order valence-corrected chi connectivity index (χ0v) is 12.2. The third-order valence-electron chi connectivity index (χ3n) is 3.86. The fraction of sp³-hybridized carbons (Fsp3) is 0.278. The van der Waals surface area contributed by atoms with Gasteiger partial charge in [-0.3, -0.25) is 4.79 Å². The van der Waals surface area contributed by atoms with Crippen molar-refractivity contribution in [2.45, 2.75) is 25.9 Å². The van der Waals surface area contributed by atoms with Gasteiger partial charge in [0.2, 0.25) is 0 Å². The van der Waals surface area contributed by atoms with Crippen LogP contribution in [0.25, 0.3) is 11.1 Å². The molecule has 0 aromatic heterocycles. The maximum absolute atomic E-state index is 12.5. The first kappa shape index (κ1) is 14.5. The smallest absolute Gasteiger partial charge is 0.194 e. The lowest BCUT2D eigenvalue weighted by molar-refractivity contribution is 0.0106. The first-order valence-electron chi connectivity index (χ1n) is 6.86. The van der Waals surface area contributed by atoms with Gasteiger partial charge in [0.05, 0.1) is 0 Å². The van der Waals surface area contributed by atoms with Crippen LogP contribution in [-0.2, 0) is 4.74 Å². The van der Waals surface area contributed by atoms with E-state index in [4.69, 9.17) is 4.74 Å². The molecule has 0 saturated carbocycles. The molecule has 0 bridgehead atoms. The fourth-order valence-corrected chi connectivity index (χ4v) is 2.15. The molecule has 0 amide bonds. The van der Waals surface area contributed by atoms with E-state index in [1.165, 1.54) is 0 Å². The predicted molar refractivity (Wildman–Crippen MR) is 81.9 cm³/mol. The number of carbonyl (C=O) groups is 1. The monoisotopic (exact) mass is 268 g/mol. The summed E-state index contributed by atoms with van der Waals surface area (Å²) in [5.41, 5.74) is 2.21. The van der Waals surface area contributed by atoms with Crippen LogP contribution in [0.4, 0.5) is 0 Å². The first-order valence-corrected chi connectivity index (χ1v) is 6.86. The lowest BCUT2D eigenvalue weighted by atomic mass is 9.91. The molecule has 2 heteroatoms. The number of carbonyl (C=O) groups excluding carboxylic acids is 1. The van der Waals surface area contributed by atoms with E-state index in [0.29, 0.717) is 12.0 Å². The molecule has 104 valence electrons. The van der Waals surface area contributed by atoms with E-state index in [1.807, 2.05) is 56.3 Å². The van der Waals surface area contributed by atoms with Crippen molar-refractivity contribution < 1.29 is 9.53 Å². The molecular weight excluding hydrogens is 248 g/mol. The fourth-order valence-electron chi connectivity index (χ4n) is 2.15. The maximum Gasteiger partial charge on any atom is 0.194 e. The van der Waals surface area contributed by atoms with Gasteiger partial charge in [-0.05, 0) is 24.5 Å². The van der Waals surface area contributed by atoms with Crippen LogP contribution in [0.2, 0.25) is 0 Å². The third-order valence-corrected chi connectivity index (χ3v) is 3.86. The Morgan fingerprint density at radius 2 is 1.55 bits per heavy atom. The molecule has 0 heterocycles. The van der Waals surface area contributed by atoms with Gasteiger partial charge in [-0.2, -0.15) is 0 Å². The largest absolute Gasteiger partial charge is 0.370 e. The van der Waals surface area contributed by atoms with Crippen molar-refractivity contribution in [1.29, 1.82) is 0 Å². The zero-order chi connectivity index (χ0) is 14.6. The molecule has 2 aromatic carbocycles. The van der Waals surface area contributed by atoms with E-state index in [9.17, 15) is 4.79 Å². The first-order chi connectivity index (χ1) is 9.60. The molecule has 1 unspecified atom stereocenters. The number of benzene rings is 2. The van der Waals surface area contributed by atoms with Gasteiger partial charge in [0.15, 0.2) is 5.78 Å². The number of hydrogen-bond acceptors (Lipinski definition) is 2. The van der Waals surface area contributed by atoms with Gasteiger partial charge in [0.25, 0.3) is 0 Å². The van der Waals surface area contributed by atoms with Crippen LogP contribution in [0.1, 0.15) is 30.6 Å². The van der Waals surface area contributed by atoms with E-state index in [0.717, 1.165) is 11.1 Å². The molecule has 20 heavy (non-hydrogen) atoms. The Bertz CT molecular complexity index is 566. The molecule has 1 atom stereocenters. The Labute approximate surface area is 120 Å². The average molecular weight is 268 g/mol. The van der Waals surface area contributed by atoms with Crippen molar-refractivity contribution in [3.05, 3.63) is 60.2 Å². The minimum absolute atomic E-state index is 0.0297. The van der Waals surface area contributed by atoms with Crippen LogP contribution in [0.15, 0.2) is 54.6 Å². The Morgan fingerprint density at radius 1 is 1.00 bits per heavy atom. The molecule has 2 aromatic rings. The number of rotatable bonds is 5. The Balaban J connectivity index is 2.27. The summed E-state index contributed by atoms with van der Waals surface area (Å²) in [7, 11) is 1.58. The van der Waals surface area contributed by atoms with E-state index < -0.39 is 5.60 Å². The van der Waals surface area contributed by atoms with Gasteiger partial charge >= 0.3 is 0 Å². The van der Waals surface area contributed by atoms with Crippen molar-refractivity contribution >= 4 is 5.78 Å². The summed E-state index contributed by atoms with van der Waals surface area (Å²) < 4.78 is 5.37. The summed E-state index contributed by atoms with van der Waals surface area (Å²) in [6.07, 6.45) is 0.656. The molecule has 0 fully saturated rings. The van der Waals surface area contributed by atoms with Crippen molar-refractivity contribution in [2.24, 2.45) is 0 Å². The van der Waals surface area contributed by atoms with Crippen LogP contribution in [0.3, 0.4) is 0 Å². The topological polar surface area (TPSA) is 26.3 Å². The summed E-state index contributed by atoms with van der Waals surface area (Å²) >= 11 is 0. The molecule has 0 radical (unpaired) electrons. The van der Waals surface area contributed by atoms with Gasteiger partial charge < -0.3 is 4.74 Å². The van der Waals surface area contributed by atoms with Crippen molar-refractivity contribution in [3.63, 3.8) is 0 Å². The molecule has 2 rings (SSSR count). The third kappa shape index (κ3) is 2.81. The minimum Gasteiger partial charge on any atom is -0.370 e. The maximum atomic E-state index is 12.5. The highest BCUT2D eigenvalue weighted by molar-refractivity contribution is 6.02. The molecular formula is C18H20O2. The van der Waals surface area contributed by atoms with Crippen LogP contribution >= 0.6 is 0 Å².